The van der Waals surface area contributed by atoms with E-state index in [-0.39, 0.29) is 19.0 Å². The van der Waals surface area contributed by atoms with Crippen LogP contribution in [0.2, 0.25) is 5.02 Å². The Labute approximate surface area is 165 Å². The summed E-state index contributed by atoms with van der Waals surface area (Å²) >= 11 is 5.92. The van der Waals surface area contributed by atoms with Gasteiger partial charge in [0.05, 0.1) is 18.8 Å². The van der Waals surface area contributed by atoms with Crippen molar-refractivity contribution < 1.29 is 22.8 Å². The topological polar surface area (TPSA) is 61.4 Å². The fraction of sp³-hybridized carbons (Fsp3) is 0.263. The van der Waals surface area contributed by atoms with Crippen LogP contribution in [-0.2, 0) is 9.59 Å². The van der Waals surface area contributed by atoms with Crippen molar-refractivity contribution >= 4 is 34.8 Å². The molecule has 0 spiro atoms. The van der Waals surface area contributed by atoms with Crippen LogP contribution in [0.3, 0.4) is 0 Å². The number of nitrogens with one attached hydrogen (secondary N) is 2. The van der Waals surface area contributed by atoms with E-state index in [1.54, 1.807) is 25.1 Å². The second kappa shape index (κ2) is 9.57. The van der Waals surface area contributed by atoms with Gasteiger partial charge in [-0.05, 0) is 43.3 Å². The van der Waals surface area contributed by atoms with Crippen molar-refractivity contribution in [3.05, 3.63) is 58.4 Å². The van der Waals surface area contributed by atoms with Crippen LogP contribution in [0, 0.1) is 24.4 Å². The molecule has 2 amide bonds. The van der Waals surface area contributed by atoms with E-state index in [4.69, 9.17) is 11.6 Å². The lowest BCUT2D eigenvalue weighted by atomic mass is 10.2. The van der Waals surface area contributed by atoms with E-state index in [1.807, 2.05) is 6.92 Å². The molecule has 0 radical (unpaired) electrons. The third-order valence-corrected chi connectivity index (χ3v) is 4.20. The molecule has 0 aliphatic carbocycles. The van der Waals surface area contributed by atoms with Crippen molar-refractivity contribution in [2.24, 2.45) is 0 Å². The van der Waals surface area contributed by atoms with Gasteiger partial charge < -0.3 is 10.6 Å². The van der Waals surface area contributed by atoms with Crippen molar-refractivity contribution in [1.29, 1.82) is 0 Å². The Morgan fingerprint density at radius 2 is 1.57 bits per heavy atom. The van der Waals surface area contributed by atoms with Gasteiger partial charge in [-0.25, -0.2) is 13.2 Å². The van der Waals surface area contributed by atoms with E-state index in [0.717, 1.165) is 11.6 Å². The Kier molecular flexibility index (Phi) is 7.42. The molecule has 0 saturated carbocycles. The first-order chi connectivity index (χ1) is 13.2. The summed E-state index contributed by atoms with van der Waals surface area (Å²) in [5, 5.41) is 5.36. The summed E-state index contributed by atoms with van der Waals surface area (Å²) in [6.07, 6.45) is 0. The highest BCUT2D eigenvalue weighted by molar-refractivity contribution is 6.31. The SMILES string of the molecule is CCN(CC(=O)Nc1cc(Cl)ccc1C)CC(=O)Nc1ccc(F)c(F)c1F. The zero-order chi connectivity index (χ0) is 20.8. The third kappa shape index (κ3) is 5.71. The number of hydrogen-bond acceptors (Lipinski definition) is 3. The molecule has 2 aromatic carbocycles. The van der Waals surface area contributed by atoms with Crippen LogP contribution in [0.5, 0.6) is 0 Å². The van der Waals surface area contributed by atoms with Gasteiger partial charge >= 0.3 is 0 Å². The minimum atomic E-state index is -1.67. The minimum Gasteiger partial charge on any atom is -0.325 e. The molecule has 0 unspecified atom stereocenters. The Bertz CT molecular complexity index is 893. The first kappa shape index (κ1) is 21.7. The molecule has 2 rings (SSSR count). The Hall–Kier alpha value is -2.58. The van der Waals surface area contributed by atoms with Crippen LogP contribution in [0.25, 0.3) is 0 Å². The maximum absolute atomic E-state index is 13.6. The summed E-state index contributed by atoms with van der Waals surface area (Å²) in [6.45, 7) is 3.57. The number of halogens is 4. The van der Waals surface area contributed by atoms with Crippen LogP contribution >= 0.6 is 11.6 Å². The average Bonchev–Trinajstić information content (AvgIpc) is 2.64. The number of carbonyl (C=O) groups excluding carboxylic acids is 2. The number of benzene rings is 2. The van der Waals surface area contributed by atoms with Crippen molar-refractivity contribution in [3.63, 3.8) is 0 Å². The lowest BCUT2D eigenvalue weighted by molar-refractivity contribution is -0.119. The molecule has 9 heteroatoms. The quantitative estimate of drug-likeness (QED) is 0.675. The number of rotatable bonds is 7. The fourth-order valence-corrected chi connectivity index (χ4v) is 2.59. The maximum atomic E-state index is 13.6. The number of nitrogens with zero attached hydrogens (tertiary/aromatic N) is 1. The van der Waals surface area contributed by atoms with Crippen molar-refractivity contribution in [2.75, 3.05) is 30.3 Å². The highest BCUT2D eigenvalue weighted by atomic mass is 35.5. The van der Waals surface area contributed by atoms with Crippen LogP contribution in [0.1, 0.15) is 12.5 Å². The maximum Gasteiger partial charge on any atom is 0.238 e. The molecule has 0 heterocycles. The summed E-state index contributed by atoms with van der Waals surface area (Å²) < 4.78 is 39.8. The molecule has 0 fully saturated rings. The molecule has 0 bridgehead atoms. The molecule has 2 N–H and O–H groups in total. The number of likely N-dealkylation sites (N-methyl/N-ethyl adjacent to an activating group) is 1. The molecule has 0 aromatic heterocycles. The summed E-state index contributed by atoms with van der Waals surface area (Å²) in [5.41, 5.74) is 0.910. The molecule has 0 aliphatic rings. The summed E-state index contributed by atoms with van der Waals surface area (Å²) in [4.78, 5) is 25.8. The van der Waals surface area contributed by atoms with Gasteiger partial charge in [-0.2, -0.15) is 0 Å². The van der Waals surface area contributed by atoms with Crippen LogP contribution < -0.4 is 10.6 Å². The standard InChI is InChI=1S/C19H19ClF3N3O2/c1-3-26(10-17(28)25-15-8-12(20)5-4-11(15)2)9-16(27)24-14-7-6-13(21)18(22)19(14)23/h4-8H,3,9-10H2,1-2H3,(H,24,27)(H,25,28). The van der Waals surface area contributed by atoms with Crippen LogP contribution in [0.15, 0.2) is 30.3 Å². The van der Waals surface area contributed by atoms with Gasteiger partial charge in [-0.1, -0.05) is 24.6 Å². The summed E-state index contributed by atoms with van der Waals surface area (Å²) in [6, 6.07) is 6.72. The number of amides is 2. The first-order valence-corrected chi connectivity index (χ1v) is 8.80. The normalized spacial score (nSPS) is 10.8. The monoisotopic (exact) mass is 413 g/mol. The zero-order valence-corrected chi connectivity index (χ0v) is 16.0. The largest absolute Gasteiger partial charge is 0.325 e. The van der Waals surface area contributed by atoms with Gasteiger partial charge in [0.15, 0.2) is 17.5 Å². The van der Waals surface area contributed by atoms with Crippen molar-refractivity contribution in [3.8, 4) is 0 Å². The van der Waals surface area contributed by atoms with Gasteiger partial charge in [0.2, 0.25) is 11.8 Å². The highest BCUT2D eigenvalue weighted by Crippen LogP contribution is 2.21. The molecular formula is C19H19ClF3N3O2. The second-order valence-corrected chi connectivity index (χ2v) is 6.52. The lowest BCUT2D eigenvalue weighted by Gasteiger charge is -2.20. The van der Waals surface area contributed by atoms with Crippen molar-refractivity contribution in [1.82, 2.24) is 4.90 Å². The van der Waals surface area contributed by atoms with Gasteiger partial charge in [0.25, 0.3) is 0 Å². The van der Waals surface area contributed by atoms with E-state index in [0.29, 0.717) is 23.3 Å². The summed E-state index contributed by atoms with van der Waals surface area (Å²) in [5.74, 6) is -5.52. The van der Waals surface area contributed by atoms with E-state index in [1.165, 1.54) is 4.90 Å². The minimum absolute atomic E-state index is 0.101. The molecule has 2 aromatic rings. The molecule has 28 heavy (non-hydrogen) atoms. The highest BCUT2D eigenvalue weighted by Gasteiger charge is 2.18. The van der Waals surface area contributed by atoms with Gasteiger partial charge in [0, 0.05) is 10.7 Å². The Balaban J connectivity index is 1.96. The van der Waals surface area contributed by atoms with Gasteiger partial charge in [0.1, 0.15) is 0 Å². The number of hydrogen-bond donors (Lipinski definition) is 2. The summed E-state index contributed by atoms with van der Waals surface area (Å²) in [7, 11) is 0. The van der Waals surface area contributed by atoms with E-state index >= 15 is 0 Å². The average molecular weight is 414 g/mol. The smallest absolute Gasteiger partial charge is 0.238 e. The molecule has 150 valence electrons. The number of anilines is 2. The van der Waals surface area contributed by atoms with E-state index < -0.39 is 29.0 Å². The Morgan fingerprint density at radius 3 is 2.18 bits per heavy atom. The predicted molar refractivity (Wildman–Crippen MR) is 102 cm³/mol. The molecule has 0 aliphatic heterocycles. The van der Waals surface area contributed by atoms with Gasteiger partial charge in [-0.3, -0.25) is 14.5 Å². The molecule has 5 nitrogen and oxygen atoms in total. The van der Waals surface area contributed by atoms with Crippen LogP contribution in [0.4, 0.5) is 24.5 Å². The molecule has 0 saturated heterocycles. The van der Waals surface area contributed by atoms with E-state index in [2.05, 4.69) is 10.6 Å². The first-order valence-electron chi connectivity index (χ1n) is 8.43. The third-order valence-electron chi connectivity index (χ3n) is 3.96. The van der Waals surface area contributed by atoms with Crippen molar-refractivity contribution in [2.45, 2.75) is 13.8 Å². The second-order valence-electron chi connectivity index (χ2n) is 6.08. The predicted octanol–water partition coefficient (Wildman–Crippen LogP) is 3.96. The molecule has 0 atom stereocenters. The zero-order valence-electron chi connectivity index (χ0n) is 15.3. The van der Waals surface area contributed by atoms with E-state index in [9.17, 15) is 22.8 Å². The number of carbonyl (C=O) groups is 2. The van der Waals surface area contributed by atoms with Gasteiger partial charge in [-0.15, -0.1) is 0 Å². The molecular weight excluding hydrogens is 395 g/mol. The number of aryl methyl sites for hydroxylation is 1. The fourth-order valence-electron chi connectivity index (χ4n) is 2.42. The lowest BCUT2D eigenvalue weighted by Crippen LogP contribution is -2.38. The van der Waals surface area contributed by atoms with Crippen LogP contribution in [-0.4, -0.2) is 36.3 Å². The Morgan fingerprint density at radius 1 is 0.964 bits per heavy atom.